The maximum atomic E-state index is 11.9. The fraction of sp³-hybridized carbons (Fsp3) is 0.474. The Morgan fingerprint density at radius 1 is 1.00 bits per heavy atom. The van der Waals surface area contributed by atoms with E-state index in [1.165, 1.54) is 12.5 Å². The molecule has 0 unspecified atom stereocenters. The molecule has 3 rings (SSSR count). The summed E-state index contributed by atoms with van der Waals surface area (Å²) in [6.07, 6.45) is 10.9. The zero-order valence-electron chi connectivity index (χ0n) is 13.3. The first kappa shape index (κ1) is 15.8. The molecule has 2 aliphatic carbocycles. The molecule has 1 amide bonds. The number of nitrogens with one attached hydrogen (secondary N) is 1. The summed E-state index contributed by atoms with van der Waals surface area (Å²) in [6.45, 7) is 0. The van der Waals surface area contributed by atoms with E-state index in [0.29, 0.717) is 11.6 Å². The van der Waals surface area contributed by atoms with Gasteiger partial charge in [-0.25, -0.2) is 4.79 Å². The second-order valence-electron chi connectivity index (χ2n) is 6.40. The summed E-state index contributed by atoms with van der Waals surface area (Å²) in [5.41, 5.74) is 1.53. The van der Waals surface area contributed by atoms with Crippen LogP contribution in [0.3, 0.4) is 0 Å². The Balaban J connectivity index is 1.50. The number of amides is 1. The Morgan fingerprint density at radius 2 is 1.70 bits per heavy atom. The van der Waals surface area contributed by atoms with Crippen molar-refractivity contribution in [1.82, 2.24) is 5.32 Å². The highest BCUT2D eigenvalue weighted by atomic mass is 16.5. The van der Waals surface area contributed by atoms with Gasteiger partial charge in [0.05, 0.1) is 0 Å². The number of carbonyl (C=O) groups excluding carboxylic acids is 2. The van der Waals surface area contributed by atoms with Gasteiger partial charge in [-0.05, 0) is 62.3 Å². The van der Waals surface area contributed by atoms with Gasteiger partial charge in [0.25, 0.3) is 5.91 Å². The molecule has 1 aromatic carbocycles. The maximum Gasteiger partial charge on any atom is 0.331 e. The van der Waals surface area contributed by atoms with Crippen molar-refractivity contribution in [3.8, 4) is 0 Å². The van der Waals surface area contributed by atoms with E-state index in [4.69, 9.17) is 4.74 Å². The number of esters is 1. The van der Waals surface area contributed by atoms with Crippen LogP contribution in [0.4, 0.5) is 0 Å². The van der Waals surface area contributed by atoms with Gasteiger partial charge in [-0.15, -0.1) is 0 Å². The third kappa shape index (κ3) is 4.95. The fourth-order valence-corrected chi connectivity index (χ4v) is 2.79. The Morgan fingerprint density at radius 3 is 2.35 bits per heavy atom. The van der Waals surface area contributed by atoms with Gasteiger partial charge >= 0.3 is 5.97 Å². The predicted octanol–water partition coefficient (Wildman–Crippen LogP) is 3.47. The van der Waals surface area contributed by atoms with Gasteiger partial charge in [0, 0.05) is 17.7 Å². The summed E-state index contributed by atoms with van der Waals surface area (Å²) < 4.78 is 5.44. The monoisotopic (exact) mass is 313 g/mol. The summed E-state index contributed by atoms with van der Waals surface area (Å²) in [6, 6.07) is 7.60. The van der Waals surface area contributed by atoms with E-state index in [9.17, 15) is 9.59 Å². The van der Waals surface area contributed by atoms with Crippen LogP contribution < -0.4 is 5.32 Å². The minimum absolute atomic E-state index is 0.0280. The second-order valence-corrected chi connectivity index (χ2v) is 6.40. The normalized spacial score (nSPS) is 18.8. The van der Waals surface area contributed by atoms with Crippen LogP contribution in [-0.4, -0.2) is 24.0 Å². The molecule has 0 saturated heterocycles. The molecule has 2 aliphatic rings. The Bertz CT molecular complexity index is 581. The van der Waals surface area contributed by atoms with E-state index in [-0.39, 0.29) is 18.0 Å². The van der Waals surface area contributed by atoms with E-state index in [1.807, 2.05) is 12.1 Å². The largest absolute Gasteiger partial charge is 0.459 e. The van der Waals surface area contributed by atoms with Crippen LogP contribution in [0.25, 0.3) is 6.08 Å². The highest BCUT2D eigenvalue weighted by Crippen LogP contribution is 2.21. The molecular formula is C19H23NO3. The van der Waals surface area contributed by atoms with E-state index in [2.05, 4.69) is 5.32 Å². The average Bonchev–Trinajstić information content (AvgIpc) is 3.38. The first-order valence-corrected chi connectivity index (χ1v) is 8.50. The molecule has 0 spiro atoms. The van der Waals surface area contributed by atoms with Gasteiger partial charge in [-0.2, -0.15) is 0 Å². The van der Waals surface area contributed by atoms with Crippen LogP contribution in [-0.2, 0) is 9.53 Å². The van der Waals surface area contributed by atoms with Crippen LogP contribution >= 0.6 is 0 Å². The molecule has 1 N–H and O–H groups in total. The summed E-state index contributed by atoms with van der Waals surface area (Å²) in [4.78, 5) is 23.7. The van der Waals surface area contributed by atoms with Crippen LogP contribution in [0.1, 0.15) is 60.9 Å². The van der Waals surface area contributed by atoms with Crippen molar-refractivity contribution in [2.75, 3.05) is 0 Å². The lowest BCUT2D eigenvalue weighted by Gasteiger charge is -2.20. The van der Waals surface area contributed by atoms with Crippen molar-refractivity contribution in [3.05, 3.63) is 41.5 Å². The third-order valence-electron chi connectivity index (χ3n) is 4.33. The number of carbonyl (C=O) groups is 2. The van der Waals surface area contributed by atoms with Crippen LogP contribution in [0.15, 0.2) is 30.3 Å². The Kier molecular flexibility index (Phi) is 5.11. The number of benzene rings is 1. The molecule has 0 aromatic heterocycles. The smallest absolute Gasteiger partial charge is 0.331 e. The fourth-order valence-electron chi connectivity index (χ4n) is 2.79. The minimum atomic E-state index is -0.285. The van der Waals surface area contributed by atoms with E-state index in [1.54, 1.807) is 18.2 Å². The average molecular weight is 313 g/mol. The van der Waals surface area contributed by atoms with Crippen molar-refractivity contribution >= 4 is 18.0 Å². The molecule has 0 aliphatic heterocycles. The summed E-state index contributed by atoms with van der Waals surface area (Å²) in [5, 5.41) is 2.95. The van der Waals surface area contributed by atoms with Crippen LogP contribution in [0.2, 0.25) is 0 Å². The van der Waals surface area contributed by atoms with Gasteiger partial charge in [-0.1, -0.05) is 18.6 Å². The molecule has 0 radical (unpaired) electrons. The van der Waals surface area contributed by atoms with Gasteiger partial charge in [-0.3, -0.25) is 4.79 Å². The van der Waals surface area contributed by atoms with Gasteiger partial charge in [0.15, 0.2) is 0 Å². The van der Waals surface area contributed by atoms with Gasteiger partial charge in [0.2, 0.25) is 0 Å². The van der Waals surface area contributed by atoms with E-state index >= 15 is 0 Å². The van der Waals surface area contributed by atoms with Crippen molar-refractivity contribution in [1.29, 1.82) is 0 Å². The highest BCUT2D eigenvalue weighted by Gasteiger charge is 2.23. The Labute approximate surface area is 136 Å². The van der Waals surface area contributed by atoms with Gasteiger partial charge in [0.1, 0.15) is 6.10 Å². The topological polar surface area (TPSA) is 55.4 Å². The van der Waals surface area contributed by atoms with Gasteiger partial charge < -0.3 is 10.1 Å². The second kappa shape index (κ2) is 7.44. The lowest BCUT2D eigenvalue weighted by molar-refractivity contribution is -0.144. The Hall–Kier alpha value is -2.10. The van der Waals surface area contributed by atoms with Crippen molar-refractivity contribution in [3.63, 3.8) is 0 Å². The predicted molar refractivity (Wildman–Crippen MR) is 88.9 cm³/mol. The number of hydrogen-bond acceptors (Lipinski definition) is 3. The summed E-state index contributed by atoms with van der Waals surface area (Å²) >= 11 is 0. The first-order chi connectivity index (χ1) is 11.2. The zero-order valence-corrected chi connectivity index (χ0v) is 13.3. The number of ether oxygens (including phenoxy) is 1. The molecule has 2 saturated carbocycles. The molecule has 23 heavy (non-hydrogen) atoms. The van der Waals surface area contributed by atoms with Crippen molar-refractivity contribution in [2.45, 2.75) is 57.1 Å². The van der Waals surface area contributed by atoms with Crippen molar-refractivity contribution in [2.24, 2.45) is 0 Å². The summed E-state index contributed by atoms with van der Waals surface area (Å²) in [7, 11) is 0. The molecule has 4 nitrogen and oxygen atoms in total. The van der Waals surface area contributed by atoms with E-state index < -0.39 is 0 Å². The van der Waals surface area contributed by atoms with Crippen LogP contribution in [0, 0.1) is 0 Å². The standard InChI is InChI=1S/C19H23NO3/c21-18(23-17-4-2-1-3-5-17)13-8-14-6-9-15(10-7-14)19(22)20-16-11-12-16/h6-10,13,16-17H,1-5,11-12H2,(H,20,22). The lowest BCUT2D eigenvalue weighted by Crippen LogP contribution is -2.25. The zero-order chi connectivity index (χ0) is 16.1. The quantitative estimate of drug-likeness (QED) is 0.669. The third-order valence-corrected chi connectivity index (χ3v) is 4.33. The van der Waals surface area contributed by atoms with Crippen LogP contribution in [0.5, 0.6) is 0 Å². The molecule has 0 heterocycles. The SMILES string of the molecule is O=C(C=Cc1ccc(C(=O)NC2CC2)cc1)OC1CCCCC1. The molecule has 2 fully saturated rings. The number of rotatable bonds is 5. The first-order valence-electron chi connectivity index (χ1n) is 8.50. The van der Waals surface area contributed by atoms with Crippen molar-refractivity contribution < 1.29 is 14.3 Å². The molecular weight excluding hydrogens is 290 g/mol. The molecule has 122 valence electrons. The van der Waals surface area contributed by atoms with E-state index in [0.717, 1.165) is 44.1 Å². The molecule has 0 atom stereocenters. The lowest BCUT2D eigenvalue weighted by atomic mass is 9.98. The number of hydrogen-bond donors (Lipinski definition) is 1. The summed E-state index contributed by atoms with van der Waals surface area (Å²) in [5.74, 6) is -0.313. The minimum Gasteiger partial charge on any atom is -0.459 e. The molecule has 1 aromatic rings. The maximum absolute atomic E-state index is 11.9. The molecule has 0 bridgehead atoms. The molecule has 4 heteroatoms. The highest BCUT2D eigenvalue weighted by molar-refractivity contribution is 5.95.